The lowest BCUT2D eigenvalue weighted by molar-refractivity contribution is -0.113. The zero-order valence-electron chi connectivity index (χ0n) is 14.2. The SMILES string of the molecule is COC(=O)c1ccc(NC(=O)CSc2nc3sc4ccccc4n3n2)cc1. The van der Waals surface area contributed by atoms with Crippen molar-refractivity contribution in [3.63, 3.8) is 0 Å². The number of hydrogen-bond acceptors (Lipinski definition) is 7. The summed E-state index contributed by atoms with van der Waals surface area (Å²) in [6, 6.07) is 14.5. The summed E-state index contributed by atoms with van der Waals surface area (Å²) in [5.74, 6) is -0.398. The topological polar surface area (TPSA) is 85.6 Å². The van der Waals surface area contributed by atoms with Crippen LogP contribution < -0.4 is 5.32 Å². The number of rotatable bonds is 5. The molecule has 0 fully saturated rings. The molecule has 0 unspecified atom stereocenters. The van der Waals surface area contributed by atoms with Crippen molar-refractivity contribution in [2.45, 2.75) is 5.16 Å². The molecule has 136 valence electrons. The van der Waals surface area contributed by atoms with Gasteiger partial charge in [0.2, 0.25) is 16.0 Å². The first-order valence-electron chi connectivity index (χ1n) is 7.99. The second-order valence-electron chi connectivity index (χ2n) is 5.56. The molecule has 27 heavy (non-hydrogen) atoms. The number of amides is 1. The quantitative estimate of drug-likeness (QED) is 0.409. The number of thioether (sulfide) groups is 1. The second kappa shape index (κ2) is 7.37. The van der Waals surface area contributed by atoms with E-state index in [9.17, 15) is 9.59 Å². The van der Waals surface area contributed by atoms with Gasteiger partial charge in [-0.05, 0) is 36.4 Å². The molecule has 0 radical (unpaired) electrons. The van der Waals surface area contributed by atoms with Crippen LogP contribution in [0, 0.1) is 0 Å². The fraction of sp³-hybridized carbons (Fsp3) is 0.111. The average Bonchev–Trinajstić information content (AvgIpc) is 3.24. The van der Waals surface area contributed by atoms with Crippen LogP contribution in [0.5, 0.6) is 0 Å². The van der Waals surface area contributed by atoms with E-state index >= 15 is 0 Å². The number of carbonyl (C=O) groups is 2. The lowest BCUT2D eigenvalue weighted by Gasteiger charge is -2.05. The molecule has 0 bridgehead atoms. The molecule has 4 rings (SSSR count). The Kier molecular flexibility index (Phi) is 4.78. The molecule has 1 N–H and O–H groups in total. The van der Waals surface area contributed by atoms with E-state index in [1.807, 2.05) is 24.3 Å². The van der Waals surface area contributed by atoms with Crippen molar-refractivity contribution >= 4 is 55.8 Å². The van der Waals surface area contributed by atoms with Crippen LogP contribution in [0.4, 0.5) is 5.69 Å². The Bertz CT molecular complexity index is 1130. The van der Waals surface area contributed by atoms with E-state index in [0.29, 0.717) is 16.4 Å². The molecule has 9 heteroatoms. The minimum absolute atomic E-state index is 0.172. The standard InChI is InChI=1S/C18H14N4O3S2/c1-25-16(24)11-6-8-12(9-7-11)19-15(23)10-26-17-20-18-22(21-17)13-4-2-3-5-14(13)27-18/h2-9H,10H2,1H3,(H,19,23). The fourth-order valence-electron chi connectivity index (χ4n) is 2.52. The summed E-state index contributed by atoms with van der Waals surface area (Å²) in [7, 11) is 1.33. The van der Waals surface area contributed by atoms with Crippen molar-refractivity contribution in [3.05, 3.63) is 54.1 Å². The molecule has 0 aliphatic heterocycles. The number of esters is 1. The van der Waals surface area contributed by atoms with Gasteiger partial charge in [0, 0.05) is 5.69 Å². The van der Waals surface area contributed by atoms with Gasteiger partial charge in [0.15, 0.2) is 0 Å². The van der Waals surface area contributed by atoms with Crippen LogP contribution in [0.3, 0.4) is 0 Å². The van der Waals surface area contributed by atoms with E-state index in [-0.39, 0.29) is 11.7 Å². The number of thiazole rings is 1. The van der Waals surface area contributed by atoms with Crippen LogP contribution in [0.1, 0.15) is 10.4 Å². The highest BCUT2D eigenvalue weighted by atomic mass is 32.2. The monoisotopic (exact) mass is 398 g/mol. The maximum atomic E-state index is 12.1. The number of nitrogens with zero attached hydrogens (tertiary/aromatic N) is 3. The molecule has 0 spiro atoms. The molecule has 0 atom stereocenters. The van der Waals surface area contributed by atoms with Gasteiger partial charge >= 0.3 is 5.97 Å². The number of ether oxygens (including phenoxy) is 1. The van der Waals surface area contributed by atoms with Gasteiger partial charge in [0.25, 0.3) is 0 Å². The molecular weight excluding hydrogens is 384 g/mol. The van der Waals surface area contributed by atoms with Crippen molar-refractivity contribution in [1.82, 2.24) is 14.6 Å². The predicted octanol–water partition coefficient (Wildman–Crippen LogP) is 3.46. The van der Waals surface area contributed by atoms with Gasteiger partial charge in [0.1, 0.15) is 0 Å². The summed E-state index contributed by atoms with van der Waals surface area (Å²) in [5, 5.41) is 7.81. The van der Waals surface area contributed by atoms with Crippen molar-refractivity contribution < 1.29 is 14.3 Å². The van der Waals surface area contributed by atoms with Crippen LogP contribution in [-0.4, -0.2) is 39.3 Å². The highest BCUT2D eigenvalue weighted by Gasteiger charge is 2.12. The molecule has 0 aliphatic carbocycles. The van der Waals surface area contributed by atoms with E-state index < -0.39 is 5.97 Å². The normalized spacial score (nSPS) is 11.0. The van der Waals surface area contributed by atoms with Crippen LogP contribution in [0.15, 0.2) is 53.7 Å². The summed E-state index contributed by atoms with van der Waals surface area (Å²) in [6.45, 7) is 0. The summed E-state index contributed by atoms with van der Waals surface area (Å²) in [4.78, 5) is 28.8. The lowest BCUT2D eigenvalue weighted by atomic mass is 10.2. The highest BCUT2D eigenvalue weighted by molar-refractivity contribution is 7.99. The summed E-state index contributed by atoms with van der Waals surface area (Å²) in [5.41, 5.74) is 2.05. The Balaban J connectivity index is 1.39. The first kappa shape index (κ1) is 17.5. The van der Waals surface area contributed by atoms with Crippen molar-refractivity contribution in [2.24, 2.45) is 0 Å². The first-order chi connectivity index (χ1) is 13.1. The molecule has 2 heterocycles. The number of methoxy groups -OCH3 is 1. The highest BCUT2D eigenvalue weighted by Crippen LogP contribution is 2.26. The molecular formula is C18H14N4O3S2. The maximum absolute atomic E-state index is 12.1. The first-order valence-corrected chi connectivity index (χ1v) is 9.79. The van der Waals surface area contributed by atoms with Gasteiger partial charge < -0.3 is 10.1 Å². The van der Waals surface area contributed by atoms with Crippen LogP contribution in [-0.2, 0) is 9.53 Å². The van der Waals surface area contributed by atoms with Crippen molar-refractivity contribution in [3.8, 4) is 0 Å². The predicted molar refractivity (Wildman–Crippen MR) is 106 cm³/mol. The molecule has 0 saturated carbocycles. The Morgan fingerprint density at radius 2 is 1.96 bits per heavy atom. The number of hydrogen-bond donors (Lipinski definition) is 1. The van der Waals surface area contributed by atoms with Gasteiger partial charge in [-0.15, -0.1) is 5.10 Å². The minimum atomic E-state index is -0.415. The Morgan fingerprint density at radius 3 is 2.74 bits per heavy atom. The van der Waals surface area contributed by atoms with Crippen molar-refractivity contribution in [2.75, 3.05) is 18.2 Å². The van der Waals surface area contributed by atoms with Gasteiger partial charge in [-0.2, -0.15) is 4.98 Å². The van der Waals surface area contributed by atoms with E-state index in [2.05, 4.69) is 20.1 Å². The molecule has 0 aliphatic rings. The van der Waals surface area contributed by atoms with Crippen LogP contribution in [0.2, 0.25) is 0 Å². The number of aromatic nitrogens is 3. The second-order valence-corrected chi connectivity index (χ2v) is 7.52. The lowest BCUT2D eigenvalue weighted by Crippen LogP contribution is -2.14. The molecule has 0 saturated heterocycles. The van der Waals surface area contributed by atoms with Crippen LogP contribution in [0.25, 0.3) is 15.2 Å². The van der Waals surface area contributed by atoms with E-state index in [1.54, 1.807) is 40.1 Å². The Morgan fingerprint density at radius 1 is 1.19 bits per heavy atom. The third-order valence-electron chi connectivity index (χ3n) is 3.77. The average molecular weight is 398 g/mol. The number of carbonyl (C=O) groups excluding carboxylic acids is 2. The van der Waals surface area contributed by atoms with E-state index in [0.717, 1.165) is 15.2 Å². The largest absolute Gasteiger partial charge is 0.465 e. The minimum Gasteiger partial charge on any atom is -0.465 e. The maximum Gasteiger partial charge on any atom is 0.337 e. The molecule has 2 aromatic heterocycles. The molecule has 4 aromatic rings. The third-order valence-corrected chi connectivity index (χ3v) is 5.62. The third kappa shape index (κ3) is 3.64. The fourth-order valence-corrected chi connectivity index (χ4v) is 4.16. The summed E-state index contributed by atoms with van der Waals surface area (Å²) in [6.07, 6.45) is 0. The zero-order chi connectivity index (χ0) is 18.8. The molecule has 1 amide bonds. The zero-order valence-corrected chi connectivity index (χ0v) is 15.8. The Labute approximate surface area is 162 Å². The smallest absolute Gasteiger partial charge is 0.337 e. The number of nitrogens with one attached hydrogen (secondary N) is 1. The number of anilines is 1. The Hall–Kier alpha value is -2.91. The van der Waals surface area contributed by atoms with Crippen LogP contribution >= 0.6 is 23.1 Å². The van der Waals surface area contributed by atoms with E-state index in [4.69, 9.17) is 0 Å². The number of fused-ring (bicyclic) bond motifs is 3. The molecule has 2 aromatic carbocycles. The van der Waals surface area contributed by atoms with Gasteiger partial charge in [-0.3, -0.25) is 4.79 Å². The number of para-hydroxylation sites is 1. The number of benzene rings is 2. The summed E-state index contributed by atoms with van der Waals surface area (Å²) >= 11 is 2.84. The van der Waals surface area contributed by atoms with Gasteiger partial charge in [-0.25, -0.2) is 9.31 Å². The van der Waals surface area contributed by atoms with Gasteiger partial charge in [-0.1, -0.05) is 35.2 Å². The molecule has 7 nitrogen and oxygen atoms in total. The van der Waals surface area contributed by atoms with Crippen molar-refractivity contribution in [1.29, 1.82) is 0 Å². The van der Waals surface area contributed by atoms with E-state index in [1.165, 1.54) is 18.9 Å². The van der Waals surface area contributed by atoms with Gasteiger partial charge in [0.05, 0.1) is 28.6 Å². The summed E-state index contributed by atoms with van der Waals surface area (Å²) < 4.78 is 7.56.